The largest absolute Gasteiger partial charge is 0.497 e. The normalized spacial score (nSPS) is 14.1. The molecule has 2 aromatic rings. The molecule has 2 rings (SSSR count). The summed E-state index contributed by atoms with van der Waals surface area (Å²) in [6, 6.07) is 16.1. The second-order valence-electron chi connectivity index (χ2n) is 6.71. The number of methoxy groups -OCH3 is 1. The lowest BCUT2D eigenvalue weighted by Gasteiger charge is -2.22. The minimum atomic E-state index is -0.225. The van der Waals surface area contributed by atoms with E-state index in [1.54, 1.807) is 7.11 Å². The Hall–Kier alpha value is -1.61. The van der Waals surface area contributed by atoms with Crippen LogP contribution in [0.25, 0.3) is 0 Å². The van der Waals surface area contributed by atoms with Gasteiger partial charge in [-0.2, -0.15) is 0 Å². The number of carbonyl (C=O) groups excluding carboxylic acids is 1. The summed E-state index contributed by atoms with van der Waals surface area (Å²) in [6.07, 6.45) is 1.01. The number of hydrogen-bond donors (Lipinski definition) is 0. The van der Waals surface area contributed by atoms with Crippen molar-refractivity contribution in [3.63, 3.8) is 0 Å². The van der Waals surface area contributed by atoms with Crippen molar-refractivity contribution in [2.45, 2.75) is 36.9 Å². The molecule has 2 unspecified atom stereocenters. The van der Waals surface area contributed by atoms with Gasteiger partial charge in [0.15, 0.2) is 0 Å². The molecule has 0 saturated carbocycles. The van der Waals surface area contributed by atoms with E-state index in [0.717, 1.165) is 23.2 Å². The van der Waals surface area contributed by atoms with Gasteiger partial charge in [-0.3, -0.25) is 0 Å². The number of rotatable bonds is 5. The van der Waals surface area contributed by atoms with Crippen LogP contribution >= 0.6 is 15.9 Å². The van der Waals surface area contributed by atoms with Crippen molar-refractivity contribution in [2.75, 3.05) is 7.11 Å². The van der Waals surface area contributed by atoms with Gasteiger partial charge in [0.25, 0.3) is 0 Å². The fourth-order valence-corrected chi connectivity index (χ4v) is 3.25. The predicted octanol–water partition coefficient (Wildman–Crippen LogP) is 5.41. The lowest BCUT2D eigenvalue weighted by molar-refractivity contribution is -0.109. The number of hydrogen-bond acceptors (Lipinski definition) is 2. The summed E-state index contributed by atoms with van der Waals surface area (Å²) in [5.41, 5.74) is 3.45. The van der Waals surface area contributed by atoms with Crippen LogP contribution in [-0.4, -0.2) is 13.4 Å². The maximum atomic E-state index is 11.7. The van der Waals surface area contributed by atoms with Crippen molar-refractivity contribution >= 4 is 22.2 Å². The molecule has 0 aliphatic carbocycles. The van der Waals surface area contributed by atoms with Crippen LogP contribution in [0, 0.1) is 0 Å². The first-order chi connectivity index (χ1) is 10.9. The maximum absolute atomic E-state index is 11.7. The van der Waals surface area contributed by atoms with Crippen molar-refractivity contribution in [1.29, 1.82) is 0 Å². The molecule has 0 aromatic heterocycles. The van der Waals surface area contributed by atoms with Gasteiger partial charge in [-0.05, 0) is 34.2 Å². The van der Waals surface area contributed by atoms with Gasteiger partial charge in [0, 0.05) is 0 Å². The molecule has 3 heteroatoms. The zero-order chi connectivity index (χ0) is 17.0. The molecule has 0 heterocycles. The van der Waals surface area contributed by atoms with E-state index in [0.29, 0.717) is 0 Å². The number of ether oxygens (including phenoxy) is 1. The van der Waals surface area contributed by atoms with Crippen molar-refractivity contribution in [2.24, 2.45) is 0 Å². The van der Waals surface area contributed by atoms with E-state index in [-0.39, 0.29) is 16.2 Å². The molecule has 0 spiro atoms. The Morgan fingerprint density at radius 2 is 1.48 bits per heavy atom. The molecule has 0 amide bonds. The highest BCUT2D eigenvalue weighted by molar-refractivity contribution is 9.09. The van der Waals surface area contributed by atoms with Crippen LogP contribution in [-0.2, 0) is 10.2 Å². The van der Waals surface area contributed by atoms with E-state index in [1.165, 1.54) is 5.56 Å². The van der Waals surface area contributed by atoms with E-state index in [1.807, 2.05) is 24.3 Å². The van der Waals surface area contributed by atoms with Crippen molar-refractivity contribution in [3.8, 4) is 5.75 Å². The molecule has 2 nitrogen and oxygen atoms in total. The molecule has 2 atom stereocenters. The Labute approximate surface area is 147 Å². The van der Waals surface area contributed by atoms with E-state index in [9.17, 15) is 4.79 Å². The third-order valence-corrected chi connectivity index (χ3v) is 5.16. The lowest BCUT2D eigenvalue weighted by Crippen LogP contribution is -2.12. The topological polar surface area (TPSA) is 26.3 Å². The van der Waals surface area contributed by atoms with Crippen molar-refractivity contribution in [3.05, 3.63) is 65.2 Å². The van der Waals surface area contributed by atoms with Crippen LogP contribution in [0.15, 0.2) is 48.5 Å². The number of carbonyl (C=O) groups is 1. The molecule has 0 aliphatic heterocycles. The molecule has 2 aromatic carbocycles. The second-order valence-corrected chi connectivity index (χ2v) is 7.70. The highest BCUT2D eigenvalue weighted by Crippen LogP contribution is 2.37. The van der Waals surface area contributed by atoms with E-state index in [4.69, 9.17) is 4.74 Å². The zero-order valence-corrected chi connectivity index (χ0v) is 15.6. The highest BCUT2D eigenvalue weighted by atomic mass is 79.9. The minimum absolute atomic E-state index is 0.0635. The monoisotopic (exact) mass is 374 g/mol. The predicted molar refractivity (Wildman–Crippen MR) is 98.6 cm³/mol. The van der Waals surface area contributed by atoms with Crippen LogP contribution in [0.2, 0.25) is 0 Å². The fourth-order valence-electron chi connectivity index (χ4n) is 2.52. The number of benzene rings is 2. The standard InChI is InChI=1S/C20H23BrO2/c1-20(2,3)16-9-5-14(6-10-16)18(13-22)19(21)15-7-11-17(23-4)12-8-15/h5-13,18-19H,1-4H3. The average Bonchev–Trinajstić information content (AvgIpc) is 2.55. The summed E-state index contributed by atoms with van der Waals surface area (Å²) in [5.74, 6) is 0.586. The molecule has 0 radical (unpaired) electrons. The molecule has 0 aliphatic rings. The van der Waals surface area contributed by atoms with Gasteiger partial charge in [-0.1, -0.05) is 73.1 Å². The first-order valence-electron chi connectivity index (χ1n) is 7.70. The summed E-state index contributed by atoms with van der Waals surface area (Å²) < 4.78 is 5.18. The Morgan fingerprint density at radius 3 is 1.91 bits per heavy atom. The number of halogens is 1. The van der Waals surface area contributed by atoms with E-state index in [2.05, 4.69) is 61.0 Å². The number of alkyl halides is 1. The van der Waals surface area contributed by atoms with Gasteiger partial charge in [0.2, 0.25) is 0 Å². The third-order valence-electron chi connectivity index (χ3n) is 4.06. The molecule has 122 valence electrons. The SMILES string of the molecule is COc1ccc(C(Br)C(C=O)c2ccc(C(C)(C)C)cc2)cc1. The summed E-state index contributed by atoms with van der Waals surface area (Å²) in [7, 11) is 1.64. The zero-order valence-electron chi connectivity index (χ0n) is 14.0. The Morgan fingerprint density at radius 1 is 0.957 bits per heavy atom. The second kappa shape index (κ2) is 7.31. The molecule has 23 heavy (non-hydrogen) atoms. The minimum Gasteiger partial charge on any atom is -0.497 e. The molecule has 0 bridgehead atoms. The van der Waals surface area contributed by atoms with Crippen LogP contribution < -0.4 is 4.74 Å². The summed E-state index contributed by atoms with van der Waals surface area (Å²) in [6.45, 7) is 6.55. The van der Waals surface area contributed by atoms with Gasteiger partial charge < -0.3 is 9.53 Å². The maximum Gasteiger partial charge on any atom is 0.128 e. The third kappa shape index (κ3) is 4.23. The molecule has 0 N–H and O–H groups in total. The first kappa shape index (κ1) is 17.7. The Bertz CT molecular complexity index is 639. The fraction of sp³-hybridized carbons (Fsp3) is 0.350. The van der Waals surface area contributed by atoms with Crippen molar-refractivity contribution in [1.82, 2.24) is 0 Å². The van der Waals surface area contributed by atoms with Gasteiger partial charge in [0.1, 0.15) is 12.0 Å². The van der Waals surface area contributed by atoms with Crippen LogP contribution in [0.5, 0.6) is 5.75 Å². The average molecular weight is 375 g/mol. The summed E-state index contributed by atoms with van der Waals surface area (Å²) in [4.78, 5) is 11.6. The molecule has 0 fully saturated rings. The highest BCUT2D eigenvalue weighted by Gasteiger charge is 2.23. The van der Waals surface area contributed by atoms with Gasteiger partial charge in [0.05, 0.1) is 17.9 Å². The van der Waals surface area contributed by atoms with Crippen LogP contribution in [0.1, 0.15) is 48.2 Å². The molecular formula is C20H23BrO2. The molecule has 0 saturated heterocycles. The van der Waals surface area contributed by atoms with Crippen LogP contribution in [0.4, 0.5) is 0 Å². The van der Waals surface area contributed by atoms with Gasteiger partial charge in [-0.15, -0.1) is 0 Å². The summed E-state index contributed by atoms with van der Waals surface area (Å²) >= 11 is 3.68. The smallest absolute Gasteiger partial charge is 0.128 e. The van der Waals surface area contributed by atoms with Crippen LogP contribution in [0.3, 0.4) is 0 Å². The molecular weight excluding hydrogens is 352 g/mol. The lowest BCUT2D eigenvalue weighted by atomic mass is 9.85. The quantitative estimate of drug-likeness (QED) is 0.516. The Kier molecular flexibility index (Phi) is 5.64. The van der Waals surface area contributed by atoms with Gasteiger partial charge in [-0.25, -0.2) is 0 Å². The summed E-state index contributed by atoms with van der Waals surface area (Å²) in [5, 5.41) is 0. The van der Waals surface area contributed by atoms with E-state index >= 15 is 0 Å². The first-order valence-corrected chi connectivity index (χ1v) is 8.62. The number of aldehydes is 1. The van der Waals surface area contributed by atoms with E-state index < -0.39 is 0 Å². The van der Waals surface area contributed by atoms with Crippen molar-refractivity contribution < 1.29 is 9.53 Å². The van der Waals surface area contributed by atoms with Gasteiger partial charge >= 0.3 is 0 Å². The Balaban J connectivity index is 2.25.